The fourth-order valence-electron chi connectivity index (χ4n) is 0.941. The number of amides is 1. The summed E-state index contributed by atoms with van der Waals surface area (Å²) in [6, 6.07) is 0. The molecule has 6 heteroatoms. The molecule has 14 heavy (non-hydrogen) atoms. The van der Waals surface area contributed by atoms with Gasteiger partial charge in [0, 0.05) is 6.54 Å². The fourth-order valence-corrected chi connectivity index (χ4v) is 0.941. The molecule has 0 aromatic carbocycles. The number of nitrogens with zero attached hydrogens (tertiary/aromatic N) is 3. The molecule has 1 rings (SSSR count). The molecule has 0 aliphatic rings. The lowest BCUT2D eigenvalue weighted by molar-refractivity contribution is -0.105. The van der Waals surface area contributed by atoms with Gasteiger partial charge in [0.1, 0.15) is 0 Å². The maximum atomic E-state index is 10.2. The quantitative estimate of drug-likeness (QED) is 0.682. The normalized spacial score (nSPS) is 10.4. The maximum absolute atomic E-state index is 10.2. The summed E-state index contributed by atoms with van der Waals surface area (Å²) in [4.78, 5) is 14.2. The minimum absolute atomic E-state index is 0.300. The molecule has 0 unspecified atom stereocenters. The van der Waals surface area contributed by atoms with Crippen molar-refractivity contribution in [1.82, 2.24) is 14.8 Å². The summed E-state index contributed by atoms with van der Waals surface area (Å²) in [5.41, 5.74) is 0. The molecule has 6 nitrogen and oxygen atoms in total. The lowest BCUT2D eigenvalue weighted by Gasteiger charge is -1.99. The van der Waals surface area contributed by atoms with E-state index in [0.717, 1.165) is 0 Å². The fraction of sp³-hybridized carbons (Fsp3) is 0.375. The highest BCUT2D eigenvalue weighted by Crippen LogP contribution is 2.07. The summed E-state index contributed by atoms with van der Waals surface area (Å²) in [6.45, 7) is 4.53. The Labute approximate surface area is 82.0 Å². The molecule has 1 amide bonds. The van der Waals surface area contributed by atoms with E-state index in [2.05, 4.69) is 20.7 Å². The van der Waals surface area contributed by atoms with E-state index in [0.29, 0.717) is 24.9 Å². The van der Waals surface area contributed by atoms with Crippen LogP contribution in [0, 0.1) is 0 Å². The molecular weight excluding hydrogens is 182 g/mol. The summed E-state index contributed by atoms with van der Waals surface area (Å²) in [5, 5.41) is 9.38. The first-order valence-electron chi connectivity index (χ1n) is 4.34. The van der Waals surface area contributed by atoms with Crippen LogP contribution in [0.25, 0.3) is 0 Å². The van der Waals surface area contributed by atoms with Crippen molar-refractivity contribution in [3.8, 4) is 0 Å². The Balaban J connectivity index is 2.83. The SMILES string of the molecule is C/C=C\Nc1nc(NC=O)nn1CC. The minimum Gasteiger partial charge on any atom is -0.331 e. The Morgan fingerprint density at radius 3 is 2.86 bits per heavy atom. The molecule has 1 aromatic rings. The number of aryl methyl sites for hydroxylation is 1. The summed E-state index contributed by atoms with van der Waals surface area (Å²) in [6.07, 6.45) is 4.15. The van der Waals surface area contributed by atoms with Gasteiger partial charge in [-0.05, 0) is 20.0 Å². The predicted octanol–water partition coefficient (Wildman–Crippen LogP) is 0.812. The molecule has 0 fully saturated rings. The van der Waals surface area contributed by atoms with Crippen molar-refractivity contribution in [1.29, 1.82) is 0 Å². The molecule has 1 heterocycles. The van der Waals surface area contributed by atoms with Crippen molar-refractivity contribution < 1.29 is 4.79 Å². The van der Waals surface area contributed by atoms with Gasteiger partial charge in [0.05, 0.1) is 0 Å². The maximum Gasteiger partial charge on any atom is 0.250 e. The van der Waals surface area contributed by atoms with E-state index in [9.17, 15) is 4.79 Å². The van der Waals surface area contributed by atoms with E-state index < -0.39 is 0 Å². The topological polar surface area (TPSA) is 71.8 Å². The van der Waals surface area contributed by atoms with E-state index >= 15 is 0 Å². The second-order valence-electron chi connectivity index (χ2n) is 2.48. The zero-order valence-electron chi connectivity index (χ0n) is 8.19. The van der Waals surface area contributed by atoms with Crippen molar-refractivity contribution in [2.24, 2.45) is 0 Å². The lowest BCUT2D eigenvalue weighted by Crippen LogP contribution is -2.02. The van der Waals surface area contributed by atoms with E-state index in [1.54, 1.807) is 10.9 Å². The molecule has 2 N–H and O–H groups in total. The number of hydrogen-bond acceptors (Lipinski definition) is 4. The van der Waals surface area contributed by atoms with Gasteiger partial charge in [0.15, 0.2) is 0 Å². The number of anilines is 2. The number of carbonyl (C=O) groups is 1. The molecule has 0 aliphatic carbocycles. The first kappa shape index (κ1) is 10.2. The van der Waals surface area contributed by atoms with Gasteiger partial charge >= 0.3 is 0 Å². The zero-order valence-corrected chi connectivity index (χ0v) is 8.19. The molecular formula is C8H13N5O. The van der Waals surface area contributed by atoms with Gasteiger partial charge in [-0.2, -0.15) is 4.98 Å². The highest BCUT2D eigenvalue weighted by molar-refractivity contribution is 5.67. The largest absolute Gasteiger partial charge is 0.331 e. The summed E-state index contributed by atoms with van der Waals surface area (Å²) in [7, 11) is 0. The number of nitrogens with one attached hydrogen (secondary N) is 2. The number of aromatic nitrogens is 3. The van der Waals surface area contributed by atoms with Crippen molar-refractivity contribution in [2.75, 3.05) is 10.6 Å². The monoisotopic (exact) mass is 195 g/mol. The second-order valence-corrected chi connectivity index (χ2v) is 2.48. The van der Waals surface area contributed by atoms with Crippen molar-refractivity contribution in [2.45, 2.75) is 20.4 Å². The summed E-state index contributed by atoms with van der Waals surface area (Å²) in [5.74, 6) is 0.906. The predicted molar refractivity (Wildman–Crippen MR) is 53.8 cm³/mol. The number of carbonyl (C=O) groups excluding carboxylic acids is 1. The number of rotatable bonds is 5. The van der Waals surface area contributed by atoms with Crippen LogP contribution >= 0.6 is 0 Å². The Morgan fingerprint density at radius 2 is 2.29 bits per heavy atom. The van der Waals surface area contributed by atoms with Gasteiger partial charge in [0.2, 0.25) is 18.3 Å². The number of allylic oxidation sites excluding steroid dienone is 1. The Bertz CT molecular complexity index is 330. The zero-order chi connectivity index (χ0) is 10.4. The highest BCUT2D eigenvalue weighted by atomic mass is 16.1. The van der Waals surface area contributed by atoms with E-state index in [4.69, 9.17) is 0 Å². The smallest absolute Gasteiger partial charge is 0.250 e. The molecule has 76 valence electrons. The second kappa shape index (κ2) is 5.00. The van der Waals surface area contributed by atoms with Crippen LogP contribution in [-0.4, -0.2) is 21.2 Å². The average Bonchev–Trinajstić information content (AvgIpc) is 2.58. The number of hydrogen-bond donors (Lipinski definition) is 2. The first-order valence-corrected chi connectivity index (χ1v) is 4.34. The third kappa shape index (κ3) is 2.32. The van der Waals surface area contributed by atoms with Crippen LogP contribution in [0.3, 0.4) is 0 Å². The van der Waals surface area contributed by atoms with Crippen molar-refractivity contribution in [3.63, 3.8) is 0 Å². The standard InChI is InChI=1S/C8H13N5O/c1-3-5-9-8-11-7(10-6-14)12-13(8)4-2/h3,5-6H,4H2,1-2H3,(H2,9,10,11,12,14)/b5-3-. The van der Waals surface area contributed by atoms with Crippen LogP contribution in [0.4, 0.5) is 11.9 Å². The van der Waals surface area contributed by atoms with Gasteiger partial charge in [-0.1, -0.05) is 6.08 Å². The van der Waals surface area contributed by atoms with Crippen LogP contribution in [0.1, 0.15) is 13.8 Å². The molecule has 0 saturated heterocycles. The van der Waals surface area contributed by atoms with Gasteiger partial charge in [-0.15, -0.1) is 5.10 Å². The Hall–Kier alpha value is -1.85. The lowest BCUT2D eigenvalue weighted by atomic mass is 10.7. The van der Waals surface area contributed by atoms with Crippen LogP contribution in [0.2, 0.25) is 0 Å². The van der Waals surface area contributed by atoms with Gasteiger partial charge < -0.3 is 5.32 Å². The minimum atomic E-state index is 0.300. The van der Waals surface area contributed by atoms with Gasteiger partial charge in [0.25, 0.3) is 0 Å². The average molecular weight is 195 g/mol. The van der Waals surface area contributed by atoms with E-state index in [-0.39, 0.29) is 0 Å². The third-order valence-corrected chi connectivity index (χ3v) is 1.54. The van der Waals surface area contributed by atoms with E-state index in [1.807, 2.05) is 19.9 Å². The Morgan fingerprint density at radius 1 is 1.50 bits per heavy atom. The highest BCUT2D eigenvalue weighted by Gasteiger charge is 2.05. The van der Waals surface area contributed by atoms with Crippen LogP contribution in [0.15, 0.2) is 12.3 Å². The third-order valence-electron chi connectivity index (χ3n) is 1.54. The van der Waals surface area contributed by atoms with Crippen molar-refractivity contribution in [3.05, 3.63) is 12.3 Å². The molecule has 0 atom stereocenters. The first-order chi connectivity index (χ1) is 6.81. The molecule has 0 spiro atoms. The van der Waals surface area contributed by atoms with Crippen LogP contribution in [0.5, 0.6) is 0 Å². The van der Waals surface area contributed by atoms with E-state index in [1.165, 1.54) is 0 Å². The Kier molecular flexibility index (Phi) is 3.66. The summed E-state index contributed by atoms with van der Waals surface area (Å²) < 4.78 is 1.66. The molecule has 0 aliphatic heterocycles. The molecule has 0 radical (unpaired) electrons. The van der Waals surface area contributed by atoms with Gasteiger partial charge in [-0.3, -0.25) is 10.1 Å². The van der Waals surface area contributed by atoms with Crippen molar-refractivity contribution >= 4 is 18.3 Å². The molecule has 0 saturated carbocycles. The molecule has 1 aromatic heterocycles. The van der Waals surface area contributed by atoms with Gasteiger partial charge in [-0.25, -0.2) is 4.68 Å². The molecule has 0 bridgehead atoms. The summed E-state index contributed by atoms with van der Waals surface area (Å²) >= 11 is 0. The van der Waals surface area contributed by atoms with Crippen LogP contribution < -0.4 is 10.6 Å². The van der Waals surface area contributed by atoms with Crippen LogP contribution in [-0.2, 0) is 11.3 Å².